The van der Waals surface area contributed by atoms with E-state index in [0.717, 1.165) is 11.4 Å². The zero-order chi connectivity index (χ0) is 14.4. The highest BCUT2D eigenvalue weighted by Gasteiger charge is 2.11. The average Bonchev–Trinajstić information content (AvgIpc) is 2.99. The van der Waals surface area contributed by atoms with Gasteiger partial charge in [-0.1, -0.05) is 6.07 Å². The topological polar surface area (TPSA) is 82.2 Å². The molecular weight excluding hydrogens is 327 g/mol. The summed E-state index contributed by atoms with van der Waals surface area (Å²) in [5.74, 6) is -0.120. The summed E-state index contributed by atoms with van der Waals surface area (Å²) in [6, 6.07) is 7.53. The zero-order valence-electron chi connectivity index (χ0n) is 12.1. The highest BCUT2D eigenvalue weighted by Crippen LogP contribution is 2.14. The minimum Gasteiger partial charge on any atom is -0.380 e. The van der Waals surface area contributed by atoms with Crippen molar-refractivity contribution in [3.05, 3.63) is 43.0 Å². The monoisotopic (exact) mass is 346 g/mol. The van der Waals surface area contributed by atoms with Gasteiger partial charge in [0.15, 0.2) is 0 Å². The number of carbonyl (C=O) groups is 1. The van der Waals surface area contributed by atoms with E-state index in [9.17, 15) is 4.79 Å². The summed E-state index contributed by atoms with van der Waals surface area (Å²) in [6.07, 6.45) is 5.23. The number of nitrogens with two attached hydrogens (primary N) is 1. The van der Waals surface area contributed by atoms with Crippen LogP contribution in [0.2, 0.25) is 0 Å². The van der Waals surface area contributed by atoms with Crippen LogP contribution in [-0.2, 0) is 9.53 Å². The SMILES string of the molecule is COC(CN)CC(=O)Nc1cccc(-n2ccnc2)c1.Cl.Cl. The molecular formula is C14H20Cl2N4O2. The number of rotatable bonds is 6. The predicted molar refractivity (Wildman–Crippen MR) is 91.2 cm³/mol. The highest BCUT2D eigenvalue weighted by molar-refractivity contribution is 5.91. The number of aromatic nitrogens is 2. The summed E-state index contributed by atoms with van der Waals surface area (Å²) in [7, 11) is 1.55. The van der Waals surface area contributed by atoms with Crippen molar-refractivity contribution in [1.29, 1.82) is 0 Å². The molecule has 122 valence electrons. The van der Waals surface area contributed by atoms with E-state index in [1.165, 1.54) is 0 Å². The van der Waals surface area contributed by atoms with E-state index in [1.54, 1.807) is 19.6 Å². The maximum absolute atomic E-state index is 11.9. The first-order chi connectivity index (χ1) is 9.72. The second kappa shape index (κ2) is 10.2. The highest BCUT2D eigenvalue weighted by atomic mass is 35.5. The molecule has 1 heterocycles. The minimum atomic E-state index is -0.258. The van der Waals surface area contributed by atoms with Gasteiger partial charge in [0.05, 0.1) is 18.9 Å². The van der Waals surface area contributed by atoms with Gasteiger partial charge in [-0.05, 0) is 18.2 Å². The molecule has 1 unspecified atom stereocenters. The third-order valence-corrected chi connectivity index (χ3v) is 2.94. The maximum Gasteiger partial charge on any atom is 0.227 e. The molecule has 0 aliphatic rings. The zero-order valence-corrected chi connectivity index (χ0v) is 13.8. The Hall–Kier alpha value is -1.60. The van der Waals surface area contributed by atoms with E-state index >= 15 is 0 Å². The van der Waals surface area contributed by atoms with Crippen LogP contribution in [-0.4, -0.2) is 35.2 Å². The Morgan fingerprint density at radius 1 is 1.45 bits per heavy atom. The number of hydrogen-bond acceptors (Lipinski definition) is 4. The molecule has 1 amide bonds. The lowest BCUT2D eigenvalue weighted by molar-refractivity contribution is -0.118. The molecule has 0 aliphatic carbocycles. The van der Waals surface area contributed by atoms with Gasteiger partial charge in [0.2, 0.25) is 5.91 Å². The van der Waals surface area contributed by atoms with Crippen LogP contribution in [0.3, 0.4) is 0 Å². The Morgan fingerprint density at radius 2 is 2.23 bits per heavy atom. The number of hydrogen-bond donors (Lipinski definition) is 2. The van der Waals surface area contributed by atoms with E-state index in [4.69, 9.17) is 10.5 Å². The molecule has 8 heteroatoms. The molecule has 0 bridgehead atoms. The number of halogens is 2. The van der Waals surface area contributed by atoms with E-state index < -0.39 is 0 Å². The fourth-order valence-electron chi connectivity index (χ4n) is 1.84. The summed E-state index contributed by atoms with van der Waals surface area (Å²) in [6.45, 7) is 0.318. The summed E-state index contributed by atoms with van der Waals surface area (Å²) in [4.78, 5) is 15.9. The van der Waals surface area contributed by atoms with Crippen molar-refractivity contribution in [3.8, 4) is 5.69 Å². The second-order valence-corrected chi connectivity index (χ2v) is 4.37. The number of methoxy groups -OCH3 is 1. The molecule has 6 nitrogen and oxygen atoms in total. The van der Waals surface area contributed by atoms with Crippen molar-refractivity contribution >= 4 is 36.4 Å². The first-order valence-corrected chi connectivity index (χ1v) is 6.34. The van der Waals surface area contributed by atoms with Gasteiger partial charge < -0.3 is 20.4 Å². The summed E-state index contributed by atoms with van der Waals surface area (Å²) < 4.78 is 6.96. The molecule has 0 aliphatic heterocycles. The van der Waals surface area contributed by atoms with Gasteiger partial charge in [-0.3, -0.25) is 4.79 Å². The second-order valence-electron chi connectivity index (χ2n) is 4.37. The van der Waals surface area contributed by atoms with Gasteiger partial charge in [0, 0.05) is 37.4 Å². The van der Waals surface area contributed by atoms with Crippen molar-refractivity contribution in [2.45, 2.75) is 12.5 Å². The third kappa shape index (κ3) is 5.65. The molecule has 0 spiro atoms. The van der Waals surface area contributed by atoms with Crippen LogP contribution in [0.25, 0.3) is 5.69 Å². The number of nitrogens with one attached hydrogen (secondary N) is 1. The van der Waals surface area contributed by atoms with Crippen molar-refractivity contribution in [2.75, 3.05) is 19.0 Å². The predicted octanol–water partition coefficient (Wildman–Crippen LogP) is 2.02. The molecule has 0 saturated carbocycles. The Morgan fingerprint density at radius 3 is 2.82 bits per heavy atom. The van der Waals surface area contributed by atoms with Crippen molar-refractivity contribution in [3.63, 3.8) is 0 Å². The van der Waals surface area contributed by atoms with Crippen LogP contribution in [0.1, 0.15) is 6.42 Å². The molecule has 1 aromatic heterocycles. The van der Waals surface area contributed by atoms with Gasteiger partial charge in [-0.2, -0.15) is 0 Å². The van der Waals surface area contributed by atoms with Crippen LogP contribution < -0.4 is 11.1 Å². The number of carbonyl (C=O) groups excluding carboxylic acids is 1. The first-order valence-electron chi connectivity index (χ1n) is 6.34. The average molecular weight is 347 g/mol. The molecule has 1 aromatic carbocycles. The number of amides is 1. The minimum absolute atomic E-state index is 0. The summed E-state index contributed by atoms with van der Waals surface area (Å²) >= 11 is 0. The van der Waals surface area contributed by atoms with Crippen molar-refractivity contribution in [1.82, 2.24) is 9.55 Å². The summed E-state index contributed by atoms with van der Waals surface area (Å²) in [5, 5.41) is 2.84. The molecule has 22 heavy (non-hydrogen) atoms. The van der Waals surface area contributed by atoms with Crippen LogP contribution >= 0.6 is 24.8 Å². The van der Waals surface area contributed by atoms with E-state index in [-0.39, 0.29) is 43.2 Å². The lowest BCUT2D eigenvalue weighted by atomic mass is 10.2. The Balaban J connectivity index is 0.00000220. The van der Waals surface area contributed by atoms with Gasteiger partial charge in [0.25, 0.3) is 0 Å². The number of benzene rings is 1. The number of imidazole rings is 1. The lowest BCUT2D eigenvalue weighted by Crippen LogP contribution is -2.28. The lowest BCUT2D eigenvalue weighted by Gasteiger charge is -2.13. The third-order valence-electron chi connectivity index (χ3n) is 2.94. The van der Waals surface area contributed by atoms with Crippen molar-refractivity contribution < 1.29 is 9.53 Å². The van der Waals surface area contributed by atoms with Gasteiger partial charge in [-0.15, -0.1) is 24.8 Å². The fraction of sp³-hybridized carbons (Fsp3) is 0.286. The van der Waals surface area contributed by atoms with E-state index in [0.29, 0.717) is 6.54 Å². The van der Waals surface area contributed by atoms with Crippen molar-refractivity contribution in [2.24, 2.45) is 5.73 Å². The smallest absolute Gasteiger partial charge is 0.227 e. The maximum atomic E-state index is 11.9. The Labute approximate surface area is 141 Å². The Bertz CT molecular complexity index is 560. The molecule has 2 aromatic rings. The van der Waals surface area contributed by atoms with Gasteiger partial charge in [-0.25, -0.2) is 4.98 Å². The Kier molecular flexibility index (Phi) is 9.44. The first kappa shape index (κ1) is 20.4. The van der Waals surface area contributed by atoms with Gasteiger partial charge in [0.1, 0.15) is 0 Å². The van der Waals surface area contributed by atoms with Gasteiger partial charge >= 0.3 is 0 Å². The van der Waals surface area contributed by atoms with Crippen LogP contribution in [0.5, 0.6) is 0 Å². The van der Waals surface area contributed by atoms with Crippen LogP contribution in [0, 0.1) is 0 Å². The molecule has 0 radical (unpaired) electrons. The largest absolute Gasteiger partial charge is 0.380 e. The quantitative estimate of drug-likeness (QED) is 0.838. The molecule has 3 N–H and O–H groups in total. The number of ether oxygens (including phenoxy) is 1. The number of anilines is 1. The fourth-order valence-corrected chi connectivity index (χ4v) is 1.84. The summed E-state index contributed by atoms with van der Waals surface area (Å²) in [5.41, 5.74) is 7.16. The molecule has 2 rings (SSSR count). The van der Waals surface area contributed by atoms with Crippen LogP contribution in [0.15, 0.2) is 43.0 Å². The molecule has 0 fully saturated rings. The standard InChI is InChI=1S/C14H18N4O2.2ClH/c1-20-13(9-15)8-14(19)17-11-3-2-4-12(7-11)18-6-5-16-10-18;;/h2-7,10,13H,8-9,15H2,1H3,(H,17,19);2*1H. The molecule has 1 atom stereocenters. The van der Waals surface area contributed by atoms with E-state index in [1.807, 2.05) is 35.0 Å². The van der Waals surface area contributed by atoms with E-state index in [2.05, 4.69) is 10.3 Å². The molecule has 0 saturated heterocycles. The number of nitrogens with zero attached hydrogens (tertiary/aromatic N) is 2. The van der Waals surface area contributed by atoms with Crippen LogP contribution in [0.4, 0.5) is 5.69 Å². The normalized spacial score (nSPS) is 11.0.